The number of aliphatic hydroxyl groups is 2. The summed E-state index contributed by atoms with van der Waals surface area (Å²) in [5.74, 6) is 0.863. The summed E-state index contributed by atoms with van der Waals surface area (Å²) in [7, 11) is 0. The van der Waals surface area contributed by atoms with E-state index in [9.17, 15) is 20.1 Å². The van der Waals surface area contributed by atoms with E-state index in [1.54, 1.807) is 6.07 Å². The standard InChI is InChI=1S/C31H36N2O5/c34-23-9-8-20-16-24-31(37)12-10-22(33-14-11-21(29(33)36)26(35)19-4-2-1-3-5-19)28-30(31,25(20)27(23)38-28)13-15-32(24)17-18-6-7-18/h1-5,8-9,18,21-22,24,26,28,34-35,37H,6-7,10-17H2/t21?,22-,24+,26?,28-,30-,31+/m0/s1. The number of ether oxygens (including phenoxy) is 1. The van der Waals surface area contributed by atoms with Gasteiger partial charge in [0, 0.05) is 24.7 Å². The number of phenolic OH excluding ortho intramolecular Hbond substituents is 1. The van der Waals surface area contributed by atoms with Crippen molar-refractivity contribution in [2.75, 3.05) is 19.6 Å². The van der Waals surface area contributed by atoms with Crippen LogP contribution in [0, 0.1) is 11.8 Å². The third-order valence-electron chi connectivity index (χ3n) is 10.9. The molecule has 7 atom stereocenters. The molecule has 2 aromatic carbocycles. The molecule has 38 heavy (non-hydrogen) atoms. The fourth-order valence-corrected chi connectivity index (χ4v) is 9.00. The third-order valence-corrected chi connectivity index (χ3v) is 10.9. The van der Waals surface area contributed by atoms with E-state index in [0.29, 0.717) is 31.6 Å². The molecule has 1 spiro atoms. The van der Waals surface area contributed by atoms with E-state index < -0.39 is 29.1 Å². The monoisotopic (exact) mass is 516 g/mol. The average Bonchev–Trinajstić information content (AvgIpc) is 3.56. The Balaban J connectivity index is 1.17. The molecule has 200 valence electrons. The van der Waals surface area contributed by atoms with Crippen molar-refractivity contribution in [3.8, 4) is 11.5 Å². The van der Waals surface area contributed by atoms with Gasteiger partial charge in [-0.25, -0.2) is 0 Å². The maximum Gasteiger partial charge on any atom is 0.229 e. The Morgan fingerprint density at radius 1 is 1.03 bits per heavy atom. The average molecular weight is 517 g/mol. The summed E-state index contributed by atoms with van der Waals surface area (Å²) in [5.41, 5.74) is 1.32. The number of aromatic hydroxyl groups is 1. The summed E-state index contributed by atoms with van der Waals surface area (Å²) < 4.78 is 6.67. The van der Waals surface area contributed by atoms with Crippen LogP contribution in [-0.4, -0.2) is 74.4 Å². The number of hydrogen-bond donors (Lipinski definition) is 3. The number of carbonyl (C=O) groups is 1. The van der Waals surface area contributed by atoms with Gasteiger partial charge in [-0.3, -0.25) is 9.69 Å². The van der Waals surface area contributed by atoms with Crippen molar-refractivity contribution in [1.29, 1.82) is 0 Å². The summed E-state index contributed by atoms with van der Waals surface area (Å²) >= 11 is 0. The molecule has 2 unspecified atom stereocenters. The molecule has 8 rings (SSSR count). The molecule has 7 heteroatoms. The Kier molecular flexibility index (Phi) is 4.88. The number of piperidine rings is 1. The lowest BCUT2D eigenvalue weighted by atomic mass is 9.48. The quantitative estimate of drug-likeness (QED) is 0.566. The van der Waals surface area contributed by atoms with E-state index in [1.165, 1.54) is 18.4 Å². The van der Waals surface area contributed by atoms with Crippen LogP contribution >= 0.6 is 0 Å². The smallest absolute Gasteiger partial charge is 0.229 e. The largest absolute Gasteiger partial charge is 0.504 e. The number of aliphatic hydroxyl groups excluding tert-OH is 1. The van der Waals surface area contributed by atoms with Crippen LogP contribution in [0.15, 0.2) is 42.5 Å². The predicted octanol–water partition coefficient (Wildman–Crippen LogP) is 2.91. The number of carbonyl (C=O) groups excluding carboxylic acids is 1. The Labute approximate surface area is 223 Å². The maximum atomic E-state index is 13.8. The number of benzene rings is 2. The van der Waals surface area contributed by atoms with Crippen LogP contribution in [0.3, 0.4) is 0 Å². The number of nitrogens with zero attached hydrogens (tertiary/aromatic N) is 2. The van der Waals surface area contributed by atoms with Gasteiger partial charge in [0.1, 0.15) is 6.10 Å². The van der Waals surface area contributed by atoms with Gasteiger partial charge in [0.05, 0.1) is 29.1 Å². The molecule has 4 fully saturated rings. The van der Waals surface area contributed by atoms with Gasteiger partial charge in [-0.05, 0) is 74.6 Å². The zero-order chi connectivity index (χ0) is 25.8. The van der Waals surface area contributed by atoms with Crippen LogP contribution in [-0.2, 0) is 16.6 Å². The van der Waals surface area contributed by atoms with Crippen molar-refractivity contribution >= 4 is 5.91 Å². The molecule has 1 amide bonds. The Morgan fingerprint density at radius 3 is 2.63 bits per heavy atom. The summed E-state index contributed by atoms with van der Waals surface area (Å²) in [5, 5.41) is 34.6. The topological polar surface area (TPSA) is 93.5 Å². The van der Waals surface area contributed by atoms with E-state index >= 15 is 0 Å². The van der Waals surface area contributed by atoms with Gasteiger partial charge in [0.15, 0.2) is 11.5 Å². The molecule has 2 aromatic rings. The minimum atomic E-state index is -0.959. The maximum absolute atomic E-state index is 13.8. The first kappa shape index (κ1) is 23.3. The Hall–Kier alpha value is -2.61. The molecule has 6 aliphatic rings. The third kappa shape index (κ3) is 2.93. The fraction of sp³-hybridized carbons (Fsp3) is 0.581. The van der Waals surface area contributed by atoms with E-state index in [2.05, 4.69) is 4.90 Å². The second-order valence-electron chi connectivity index (χ2n) is 12.7. The normalized spacial score (nSPS) is 38.2. The number of likely N-dealkylation sites (tertiary alicyclic amines) is 2. The highest BCUT2D eigenvalue weighted by atomic mass is 16.5. The number of rotatable bonds is 5. The summed E-state index contributed by atoms with van der Waals surface area (Å²) in [6.07, 6.45) is 4.69. The first-order valence-electron chi connectivity index (χ1n) is 14.4. The van der Waals surface area contributed by atoms with Gasteiger partial charge in [-0.1, -0.05) is 36.4 Å². The minimum Gasteiger partial charge on any atom is -0.504 e. The van der Waals surface area contributed by atoms with E-state index in [4.69, 9.17) is 4.74 Å². The van der Waals surface area contributed by atoms with Gasteiger partial charge in [0.2, 0.25) is 5.91 Å². The summed E-state index contributed by atoms with van der Waals surface area (Å²) in [4.78, 5) is 18.3. The highest BCUT2D eigenvalue weighted by molar-refractivity contribution is 5.82. The SMILES string of the molecule is O=C1C(C(O)c2ccccc2)CCN1[C@H]1CC[C@@]2(O)[C@H]3Cc4ccc(O)c5c4[C@@]2(CCN3CC2CC2)[C@H]1O5. The van der Waals surface area contributed by atoms with Crippen molar-refractivity contribution in [2.24, 2.45) is 11.8 Å². The Morgan fingerprint density at radius 2 is 1.84 bits per heavy atom. The van der Waals surface area contributed by atoms with Crippen molar-refractivity contribution < 1.29 is 24.9 Å². The lowest BCUT2D eigenvalue weighted by Crippen LogP contribution is -2.78. The summed E-state index contributed by atoms with van der Waals surface area (Å²) in [6, 6.07) is 13.0. The highest BCUT2D eigenvalue weighted by Crippen LogP contribution is 2.66. The first-order chi connectivity index (χ1) is 18.4. The van der Waals surface area contributed by atoms with Crippen LogP contribution in [0.25, 0.3) is 0 Å². The molecule has 7 nitrogen and oxygen atoms in total. The molecule has 3 aliphatic carbocycles. The second kappa shape index (κ2) is 7.96. The second-order valence-corrected chi connectivity index (χ2v) is 12.7. The lowest BCUT2D eigenvalue weighted by Gasteiger charge is -2.64. The van der Waals surface area contributed by atoms with Crippen molar-refractivity contribution in [2.45, 2.75) is 80.3 Å². The molecule has 0 aromatic heterocycles. The van der Waals surface area contributed by atoms with Crippen LogP contribution in [0.4, 0.5) is 0 Å². The van der Waals surface area contributed by atoms with Gasteiger partial charge >= 0.3 is 0 Å². The molecular weight excluding hydrogens is 480 g/mol. The summed E-state index contributed by atoms with van der Waals surface area (Å²) in [6.45, 7) is 2.51. The van der Waals surface area contributed by atoms with Gasteiger partial charge in [0.25, 0.3) is 0 Å². The number of phenols is 1. The zero-order valence-corrected chi connectivity index (χ0v) is 21.6. The van der Waals surface area contributed by atoms with Gasteiger partial charge < -0.3 is 25.0 Å². The van der Waals surface area contributed by atoms with E-state index in [-0.39, 0.29) is 23.7 Å². The molecule has 2 bridgehead atoms. The zero-order valence-electron chi connectivity index (χ0n) is 21.6. The van der Waals surface area contributed by atoms with Crippen LogP contribution in [0.2, 0.25) is 0 Å². The van der Waals surface area contributed by atoms with E-state index in [1.807, 2.05) is 41.3 Å². The molecule has 3 N–H and O–H groups in total. The molecule has 2 saturated heterocycles. The molecule has 3 aliphatic heterocycles. The van der Waals surface area contributed by atoms with Gasteiger partial charge in [-0.15, -0.1) is 0 Å². The van der Waals surface area contributed by atoms with Crippen LogP contribution < -0.4 is 4.74 Å². The molecular formula is C31H36N2O5. The predicted molar refractivity (Wildman–Crippen MR) is 140 cm³/mol. The van der Waals surface area contributed by atoms with Crippen molar-refractivity contribution in [3.05, 3.63) is 59.2 Å². The van der Waals surface area contributed by atoms with Crippen LogP contribution in [0.1, 0.15) is 61.3 Å². The van der Waals surface area contributed by atoms with Crippen LogP contribution in [0.5, 0.6) is 11.5 Å². The highest BCUT2D eigenvalue weighted by Gasteiger charge is 2.73. The molecule has 2 saturated carbocycles. The van der Waals surface area contributed by atoms with Crippen molar-refractivity contribution in [1.82, 2.24) is 9.80 Å². The number of hydrogen-bond acceptors (Lipinski definition) is 6. The Bertz CT molecular complexity index is 1300. The molecule has 3 heterocycles. The number of amides is 1. The fourth-order valence-electron chi connectivity index (χ4n) is 9.00. The molecule has 0 radical (unpaired) electrons. The lowest BCUT2D eigenvalue weighted by molar-refractivity contribution is -0.201. The first-order valence-corrected chi connectivity index (χ1v) is 14.4. The van der Waals surface area contributed by atoms with E-state index in [0.717, 1.165) is 43.0 Å². The minimum absolute atomic E-state index is 0.0221. The van der Waals surface area contributed by atoms with Crippen molar-refractivity contribution in [3.63, 3.8) is 0 Å². The van der Waals surface area contributed by atoms with Gasteiger partial charge in [-0.2, -0.15) is 0 Å².